The number of hydrogen-bond donors (Lipinski definition) is 2. The van der Waals surface area contributed by atoms with E-state index in [0.717, 1.165) is 49.5 Å². The van der Waals surface area contributed by atoms with Crippen molar-refractivity contribution in [3.05, 3.63) is 108 Å². The maximum Gasteiger partial charge on any atom is 0.237 e. The Balaban J connectivity index is 1.10. The Morgan fingerprint density at radius 2 is 1.68 bits per heavy atom. The number of rotatable bonds is 9. The van der Waals surface area contributed by atoms with Gasteiger partial charge < -0.3 is 20.1 Å². The molecule has 4 aromatic carbocycles. The fourth-order valence-corrected chi connectivity index (χ4v) is 5.56. The smallest absolute Gasteiger partial charge is 0.237 e. The highest BCUT2D eigenvalue weighted by Crippen LogP contribution is 2.32. The van der Waals surface area contributed by atoms with Crippen molar-refractivity contribution >= 4 is 16.7 Å². The third kappa shape index (κ3) is 5.52. The average molecular weight is 508 g/mol. The minimum Gasteiger partial charge on any atom is -0.454 e. The van der Waals surface area contributed by atoms with E-state index in [1.165, 1.54) is 21.9 Å². The second-order valence-electron chi connectivity index (χ2n) is 10.1. The van der Waals surface area contributed by atoms with Gasteiger partial charge in [0.1, 0.15) is 0 Å². The summed E-state index contributed by atoms with van der Waals surface area (Å²) in [4.78, 5) is 15.7. The Morgan fingerprint density at radius 3 is 2.61 bits per heavy atom. The third-order valence-corrected chi connectivity index (χ3v) is 7.55. The monoisotopic (exact) mass is 507 g/mol. The zero-order valence-corrected chi connectivity index (χ0v) is 21.4. The predicted octanol–water partition coefficient (Wildman–Crippen LogP) is 4.66. The molecule has 2 aliphatic rings. The van der Waals surface area contributed by atoms with Crippen molar-refractivity contribution in [2.45, 2.75) is 38.0 Å². The SMILES string of the molecule is O=C(NCCc1ccc2c(c1)OCO2)[C@@H]1C[C@@H](NCc2cccc3ccccc23)CN1Cc1ccccc1. The highest BCUT2D eigenvalue weighted by molar-refractivity contribution is 5.85. The number of nitrogens with one attached hydrogen (secondary N) is 2. The van der Waals surface area contributed by atoms with Crippen molar-refractivity contribution in [1.82, 2.24) is 15.5 Å². The minimum absolute atomic E-state index is 0.0936. The molecule has 2 N–H and O–H groups in total. The molecule has 2 aliphatic heterocycles. The molecule has 6 nitrogen and oxygen atoms in total. The summed E-state index contributed by atoms with van der Waals surface area (Å²) in [7, 11) is 0. The Bertz CT molecular complexity index is 1400. The highest BCUT2D eigenvalue weighted by atomic mass is 16.7. The molecule has 194 valence electrons. The Hall–Kier alpha value is -3.87. The van der Waals surface area contributed by atoms with E-state index in [4.69, 9.17) is 9.47 Å². The molecule has 0 saturated carbocycles. The molecular formula is C32H33N3O3. The third-order valence-electron chi connectivity index (χ3n) is 7.55. The second-order valence-corrected chi connectivity index (χ2v) is 10.1. The van der Waals surface area contributed by atoms with Gasteiger partial charge in [0.15, 0.2) is 11.5 Å². The van der Waals surface area contributed by atoms with Crippen LogP contribution >= 0.6 is 0 Å². The molecule has 0 aliphatic carbocycles. The van der Waals surface area contributed by atoms with E-state index < -0.39 is 0 Å². The van der Waals surface area contributed by atoms with E-state index in [9.17, 15) is 4.79 Å². The zero-order chi connectivity index (χ0) is 25.7. The molecule has 2 heterocycles. The van der Waals surface area contributed by atoms with Gasteiger partial charge in [-0.2, -0.15) is 0 Å². The van der Waals surface area contributed by atoms with Crippen LogP contribution in [0.1, 0.15) is 23.1 Å². The summed E-state index contributed by atoms with van der Waals surface area (Å²) in [5, 5.41) is 9.47. The molecule has 1 saturated heterocycles. The van der Waals surface area contributed by atoms with Gasteiger partial charge in [-0.25, -0.2) is 0 Å². The van der Waals surface area contributed by atoms with Crippen LogP contribution in [0.5, 0.6) is 11.5 Å². The van der Waals surface area contributed by atoms with Gasteiger partial charge in [-0.1, -0.05) is 78.9 Å². The van der Waals surface area contributed by atoms with Gasteiger partial charge >= 0.3 is 0 Å². The number of likely N-dealkylation sites (tertiary alicyclic amines) is 1. The Morgan fingerprint density at radius 1 is 0.868 bits per heavy atom. The summed E-state index contributed by atoms with van der Waals surface area (Å²) in [6.45, 7) is 3.23. The summed E-state index contributed by atoms with van der Waals surface area (Å²) < 4.78 is 10.9. The van der Waals surface area contributed by atoms with Crippen LogP contribution in [0.4, 0.5) is 0 Å². The molecule has 6 heteroatoms. The first-order valence-electron chi connectivity index (χ1n) is 13.4. The number of carbonyl (C=O) groups is 1. The number of nitrogens with zero attached hydrogens (tertiary/aromatic N) is 1. The van der Waals surface area contributed by atoms with E-state index in [1.54, 1.807) is 0 Å². The van der Waals surface area contributed by atoms with Crippen molar-refractivity contribution in [3.63, 3.8) is 0 Å². The number of ether oxygens (including phenoxy) is 2. The number of hydrogen-bond acceptors (Lipinski definition) is 5. The number of fused-ring (bicyclic) bond motifs is 2. The molecule has 4 aromatic rings. The van der Waals surface area contributed by atoms with Crippen LogP contribution in [-0.2, 0) is 24.3 Å². The van der Waals surface area contributed by atoms with Crippen molar-refractivity contribution < 1.29 is 14.3 Å². The maximum absolute atomic E-state index is 13.4. The summed E-state index contributed by atoms with van der Waals surface area (Å²) in [5.74, 6) is 1.65. The number of benzene rings is 4. The van der Waals surface area contributed by atoms with E-state index in [2.05, 4.69) is 82.3 Å². The Labute approximate surface area is 223 Å². The van der Waals surface area contributed by atoms with Gasteiger partial charge in [-0.05, 0) is 52.4 Å². The van der Waals surface area contributed by atoms with Crippen LogP contribution in [-0.4, -0.2) is 42.8 Å². The molecule has 1 fully saturated rings. The van der Waals surface area contributed by atoms with Crippen LogP contribution in [0.15, 0.2) is 91.0 Å². The lowest BCUT2D eigenvalue weighted by molar-refractivity contribution is -0.125. The van der Waals surface area contributed by atoms with Gasteiger partial charge in [-0.3, -0.25) is 9.69 Å². The van der Waals surface area contributed by atoms with Gasteiger partial charge in [0.05, 0.1) is 6.04 Å². The standard InChI is InChI=1S/C32H33N3O3/c36-32(33-16-15-23-13-14-30-31(17-23)38-22-37-30)29-18-27(21-35(29)20-24-7-2-1-3-8-24)34-19-26-11-6-10-25-9-4-5-12-28(25)26/h1-14,17,27,29,34H,15-16,18-22H2,(H,33,36)/t27-,29+/m1/s1. The lowest BCUT2D eigenvalue weighted by Gasteiger charge is -2.23. The molecule has 0 bridgehead atoms. The normalized spacial score (nSPS) is 18.6. The molecule has 0 radical (unpaired) electrons. The van der Waals surface area contributed by atoms with Crippen molar-refractivity contribution in [1.29, 1.82) is 0 Å². The first kappa shape index (κ1) is 24.5. The largest absolute Gasteiger partial charge is 0.454 e. The Kier molecular flexibility index (Phi) is 7.25. The lowest BCUT2D eigenvalue weighted by atomic mass is 10.0. The first-order chi connectivity index (χ1) is 18.7. The van der Waals surface area contributed by atoms with Crippen molar-refractivity contribution in [3.8, 4) is 11.5 Å². The number of carbonyl (C=O) groups excluding carboxylic acids is 1. The zero-order valence-electron chi connectivity index (χ0n) is 21.4. The van der Waals surface area contributed by atoms with Gasteiger partial charge in [0.25, 0.3) is 0 Å². The molecule has 38 heavy (non-hydrogen) atoms. The fourth-order valence-electron chi connectivity index (χ4n) is 5.56. The van der Waals surface area contributed by atoms with Gasteiger partial charge in [-0.15, -0.1) is 0 Å². The molecule has 6 rings (SSSR count). The maximum atomic E-state index is 13.4. The second kappa shape index (κ2) is 11.3. The molecule has 1 amide bonds. The summed E-state index contributed by atoms with van der Waals surface area (Å²) >= 11 is 0. The highest BCUT2D eigenvalue weighted by Gasteiger charge is 2.36. The van der Waals surface area contributed by atoms with Gasteiger partial charge in [0, 0.05) is 32.2 Å². The van der Waals surface area contributed by atoms with Crippen molar-refractivity contribution in [2.75, 3.05) is 19.9 Å². The van der Waals surface area contributed by atoms with E-state index in [1.807, 2.05) is 24.3 Å². The summed E-state index contributed by atoms with van der Waals surface area (Å²) in [6.07, 6.45) is 1.53. The molecule has 2 atom stereocenters. The molecule has 0 spiro atoms. The molecule has 0 unspecified atom stereocenters. The van der Waals surface area contributed by atoms with Crippen LogP contribution in [0.3, 0.4) is 0 Å². The quantitative estimate of drug-likeness (QED) is 0.345. The molecular weight excluding hydrogens is 474 g/mol. The summed E-state index contributed by atoms with van der Waals surface area (Å²) in [6, 6.07) is 31.4. The van der Waals surface area contributed by atoms with Crippen LogP contribution < -0.4 is 20.1 Å². The first-order valence-corrected chi connectivity index (χ1v) is 13.4. The lowest BCUT2D eigenvalue weighted by Crippen LogP contribution is -2.43. The van der Waals surface area contributed by atoms with E-state index >= 15 is 0 Å². The van der Waals surface area contributed by atoms with Crippen LogP contribution in [0.2, 0.25) is 0 Å². The topological polar surface area (TPSA) is 62.8 Å². The van der Waals surface area contributed by atoms with Gasteiger partial charge in [0.2, 0.25) is 12.7 Å². The minimum atomic E-state index is -0.169. The number of amides is 1. The average Bonchev–Trinajstić information content (AvgIpc) is 3.59. The summed E-state index contributed by atoms with van der Waals surface area (Å²) in [5.41, 5.74) is 3.63. The molecule has 0 aromatic heterocycles. The van der Waals surface area contributed by atoms with Crippen molar-refractivity contribution in [2.24, 2.45) is 0 Å². The van der Waals surface area contributed by atoms with E-state index in [-0.39, 0.29) is 24.8 Å². The van der Waals surface area contributed by atoms with E-state index in [0.29, 0.717) is 6.54 Å². The predicted molar refractivity (Wildman–Crippen MR) is 149 cm³/mol. The fraction of sp³-hybridized carbons (Fsp3) is 0.281. The van der Waals surface area contributed by atoms with Crippen LogP contribution in [0, 0.1) is 0 Å². The van der Waals surface area contributed by atoms with Crippen LogP contribution in [0.25, 0.3) is 10.8 Å².